The molecule has 0 aliphatic carbocycles. The Morgan fingerprint density at radius 3 is 2.83 bits per heavy atom. The fraction of sp³-hybridized carbons (Fsp3) is 0.286. The van der Waals surface area contributed by atoms with Gasteiger partial charge >= 0.3 is 5.82 Å². The van der Waals surface area contributed by atoms with Crippen LogP contribution in [0.15, 0.2) is 18.3 Å². The van der Waals surface area contributed by atoms with Gasteiger partial charge in [0.05, 0.1) is 11.4 Å². The first kappa shape index (κ1) is 15.6. The quantitative estimate of drug-likeness (QED) is 0.480. The number of fused-ring (bicyclic) bond motifs is 1. The van der Waals surface area contributed by atoms with Gasteiger partial charge < -0.3 is 35.2 Å². The van der Waals surface area contributed by atoms with E-state index in [9.17, 15) is 14.9 Å². The van der Waals surface area contributed by atoms with Crippen molar-refractivity contribution in [1.82, 2.24) is 9.55 Å². The number of carbonyl (C=O) groups is 1. The number of rotatable bonds is 5. The van der Waals surface area contributed by atoms with E-state index >= 15 is 0 Å². The van der Waals surface area contributed by atoms with E-state index in [4.69, 9.17) is 15.2 Å². The molecule has 0 saturated carbocycles. The molecule has 0 saturated heterocycles. The predicted octanol–water partition coefficient (Wildman–Crippen LogP) is 1.44. The largest absolute Gasteiger partial charge is 0.454 e. The number of ether oxygens (including phenoxy) is 2. The van der Waals surface area contributed by atoms with Gasteiger partial charge in [0.25, 0.3) is 0 Å². The van der Waals surface area contributed by atoms with Crippen LogP contribution in [0.2, 0.25) is 0 Å². The number of nitrogens with zero attached hydrogens (tertiary/aromatic N) is 3. The van der Waals surface area contributed by atoms with Crippen molar-refractivity contribution in [2.45, 2.75) is 19.9 Å². The lowest BCUT2D eigenvalue weighted by Gasteiger charge is -2.09. The molecular formula is C14H15N5O5. The predicted molar refractivity (Wildman–Crippen MR) is 83.8 cm³/mol. The van der Waals surface area contributed by atoms with Crippen LogP contribution in [0.3, 0.4) is 0 Å². The molecule has 1 aliphatic rings. The Hall–Kier alpha value is -3.30. The van der Waals surface area contributed by atoms with Crippen LogP contribution in [0, 0.1) is 17.0 Å². The van der Waals surface area contributed by atoms with Crippen LogP contribution >= 0.6 is 0 Å². The summed E-state index contributed by atoms with van der Waals surface area (Å²) in [6.07, 6.45) is 1.42. The van der Waals surface area contributed by atoms with Gasteiger partial charge in [0.15, 0.2) is 11.5 Å². The number of nitrogens with two attached hydrogens (primary N) is 1. The Balaban J connectivity index is 1.63. The highest BCUT2D eigenvalue weighted by molar-refractivity contribution is 5.94. The Kier molecular flexibility index (Phi) is 3.94. The Morgan fingerprint density at radius 1 is 1.46 bits per heavy atom. The number of benzene rings is 1. The average Bonchev–Trinajstić information content (AvgIpc) is 3.12. The first-order chi connectivity index (χ1) is 11.4. The van der Waals surface area contributed by atoms with Gasteiger partial charge in [-0.2, -0.15) is 0 Å². The number of nitrogen functional groups attached to an aromatic ring is 1. The highest BCUT2D eigenvalue weighted by atomic mass is 16.7. The third-order valence-electron chi connectivity index (χ3n) is 3.55. The van der Waals surface area contributed by atoms with Crippen molar-refractivity contribution < 1.29 is 19.2 Å². The van der Waals surface area contributed by atoms with Crippen LogP contribution in [-0.4, -0.2) is 27.2 Å². The number of nitrogens with one attached hydrogen (secondary N) is 1. The minimum absolute atomic E-state index is 0.113. The van der Waals surface area contributed by atoms with E-state index in [0.717, 1.165) is 0 Å². The third-order valence-corrected chi connectivity index (χ3v) is 3.55. The summed E-state index contributed by atoms with van der Waals surface area (Å²) in [4.78, 5) is 26.0. The van der Waals surface area contributed by atoms with Crippen LogP contribution in [0.25, 0.3) is 0 Å². The molecule has 24 heavy (non-hydrogen) atoms. The van der Waals surface area contributed by atoms with E-state index in [1.165, 1.54) is 6.20 Å². The maximum absolute atomic E-state index is 12.1. The smallest absolute Gasteiger partial charge is 0.381 e. The van der Waals surface area contributed by atoms with Crippen LogP contribution in [0.4, 0.5) is 17.2 Å². The van der Waals surface area contributed by atoms with E-state index < -0.39 is 4.92 Å². The standard InChI is InChI=1S/C14H15N5O5/c1-8-16-13(19(21)22)6-18(8)3-2-14(20)17-10-5-12-11(4-9(10)15)23-7-24-12/h4-6H,2-3,7,15H2,1H3,(H,17,20). The van der Waals surface area contributed by atoms with Gasteiger partial charge in [0.2, 0.25) is 18.5 Å². The lowest BCUT2D eigenvalue weighted by Crippen LogP contribution is -2.15. The normalized spacial score (nSPS) is 12.2. The summed E-state index contributed by atoms with van der Waals surface area (Å²) in [6.45, 7) is 2.02. The van der Waals surface area contributed by atoms with Gasteiger partial charge in [-0.1, -0.05) is 0 Å². The molecule has 126 valence electrons. The molecule has 10 heteroatoms. The first-order valence-corrected chi connectivity index (χ1v) is 7.11. The van der Waals surface area contributed by atoms with E-state index in [0.29, 0.717) is 28.7 Å². The maximum atomic E-state index is 12.1. The summed E-state index contributed by atoms with van der Waals surface area (Å²) < 4.78 is 12.0. The summed E-state index contributed by atoms with van der Waals surface area (Å²) in [6, 6.07) is 3.18. The second kappa shape index (κ2) is 6.07. The Morgan fingerprint density at radius 2 is 2.17 bits per heavy atom. The minimum Gasteiger partial charge on any atom is -0.454 e. The fourth-order valence-electron chi connectivity index (χ4n) is 2.31. The van der Waals surface area contributed by atoms with Crippen LogP contribution in [0.5, 0.6) is 11.5 Å². The topological polar surface area (TPSA) is 135 Å². The molecule has 0 atom stereocenters. The molecule has 10 nitrogen and oxygen atoms in total. The fourth-order valence-corrected chi connectivity index (χ4v) is 2.31. The second-order valence-corrected chi connectivity index (χ2v) is 5.19. The van der Waals surface area contributed by atoms with Crippen molar-refractivity contribution in [3.8, 4) is 11.5 Å². The number of anilines is 2. The molecule has 0 unspecified atom stereocenters. The number of imidazole rings is 1. The summed E-state index contributed by atoms with van der Waals surface area (Å²) in [5, 5.41) is 13.4. The number of hydrogen-bond donors (Lipinski definition) is 2. The van der Waals surface area contributed by atoms with Crippen molar-refractivity contribution >= 4 is 23.1 Å². The molecule has 0 spiro atoms. The molecule has 0 radical (unpaired) electrons. The molecule has 1 aromatic heterocycles. The average molecular weight is 333 g/mol. The van der Waals surface area contributed by atoms with Crippen LogP contribution in [0.1, 0.15) is 12.2 Å². The van der Waals surface area contributed by atoms with Gasteiger partial charge in [-0.3, -0.25) is 4.79 Å². The molecular weight excluding hydrogens is 318 g/mol. The number of nitro groups is 1. The van der Waals surface area contributed by atoms with Crippen molar-refractivity contribution in [3.05, 3.63) is 34.3 Å². The molecule has 1 aromatic carbocycles. The van der Waals surface area contributed by atoms with Gasteiger partial charge in [-0.25, -0.2) is 0 Å². The third kappa shape index (κ3) is 3.07. The number of aryl methyl sites for hydroxylation is 2. The number of amides is 1. The summed E-state index contributed by atoms with van der Waals surface area (Å²) in [5.74, 6) is 0.994. The highest BCUT2D eigenvalue weighted by Gasteiger charge is 2.18. The zero-order valence-corrected chi connectivity index (χ0v) is 12.8. The van der Waals surface area contributed by atoms with Gasteiger partial charge in [-0.05, 0) is 9.91 Å². The first-order valence-electron chi connectivity index (χ1n) is 7.11. The molecule has 1 amide bonds. The Bertz CT molecular complexity index is 816. The molecule has 3 N–H and O–H groups in total. The van der Waals surface area contributed by atoms with Gasteiger partial charge in [0.1, 0.15) is 6.20 Å². The minimum atomic E-state index is -0.573. The van der Waals surface area contributed by atoms with E-state index in [2.05, 4.69) is 10.3 Å². The molecule has 2 heterocycles. The zero-order chi connectivity index (χ0) is 17.3. The summed E-state index contributed by atoms with van der Waals surface area (Å²) in [5.41, 5.74) is 6.66. The van der Waals surface area contributed by atoms with Crippen molar-refractivity contribution in [1.29, 1.82) is 0 Å². The molecule has 0 fully saturated rings. The van der Waals surface area contributed by atoms with Gasteiger partial charge in [0, 0.05) is 32.0 Å². The summed E-state index contributed by atoms with van der Waals surface area (Å²) in [7, 11) is 0. The summed E-state index contributed by atoms with van der Waals surface area (Å²) >= 11 is 0. The van der Waals surface area contributed by atoms with Crippen LogP contribution < -0.4 is 20.5 Å². The lowest BCUT2D eigenvalue weighted by atomic mass is 10.2. The number of carbonyl (C=O) groups excluding carboxylic acids is 1. The van der Waals surface area contributed by atoms with E-state index in [1.807, 2.05) is 0 Å². The molecule has 3 rings (SSSR count). The number of aromatic nitrogens is 2. The molecule has 1 aliphatic heterocycles. The second-order valence-electron chi connectivity index (χ2n) is 5.19. The van der Waals surface area contributed by atoms with E-state index in [1.54, 1.807) is 23.6 Å². The molecule has 0 bridgehead atoms. The lowest BCUT2D eigenvalue weighted by molar-refractivity contribution is -0.389. The van der Waals surface area contributed by atoms with Crippen molar-refractivity contribution in [2.24, 2.45) is 0 Å². The molecule has 2 aromatic rings. The van der Waals surface area contributed by atoms with E-state index in [-0.39, 0.29) is 31.5 Å². The highest BCUT2D eigenvalue weighted by Crippen LogP contribution is 2.38. The van der Waals surface area contributed by atoms with Crippen molar-refractivity contribution in [2.75, 3.05) is 17.8 Å². The van der Waals surface area contributed by atoms with Gasteiger partial charge in [-0.15, -0.1) is 0 Å². The monoisotopic (exact) mass is 333 g/mol. The Labute approximate surface area is 136 Å². The van der Waals surface area contributed by atoms with Crippen molar-refractivity contribution in [3.63, 3.8) is 0 Å². The number of hydrogen-bond acceptors (Lipinski definition) is 7. The SMILES string of the molecule is Cc1nc([N+](=O)[O-])cn1CCC(=O)Nc1cc2c(cc1N)OCO2. The zero-order valence-electron chi connectivity index (χ0n) is 12.8. The van der Waals surface area contributed by atoms with Crippen LogP contribution in [-0.2, 0) is 11.3 Å². The maximum Gasteiger partial charge on any atom is 0.381 e.